The van der Waals surface area contributed by atoms with E-state index in [1.165, 1.54) is 26.6 Å². The second-order valence-electron chi connectivity index (χ2n) is 3.51. The van der Waals surface area contributed by atoms with E-state index in [1.54, 1.807) is 0 Å². The molecular formula is C8H13ClN2O. The molecule has 2 heterocycles. The average Bonchev–Trinajstić information content (AvgIpc) is 2.64. The molecule has 3 atom stereocenters. The van der Waals surface area contributed by atoms with Crippen LogP contribution in [0.4, 0.5) is 0 Å². The second-order valence-corrected chi connectivity index (χ2v) is 3.90. The van der Waals surface area contributed by atoms with E-state index in [0.29, 0.717) is 11.1 Å². The van der Waals surface area contributed by atoms with Crippen LogP contribution in [0.5, 0.6) is 0 Å². The van der Waals surface area contributed by atoms with Crippen molar-refractivity contribution in [1.82, 2.24) is 4.90 Å². The van der Waals surface area contributed by atoms with E-state index in [2.05, 4.69) is 14.9 Å². The van der Waals surface area contributed by atoms with Crippen molar-refractivity contribution in [3.8, 4) is 0 Å². The Morgan fingerprint density at radius 3 is 2.92 bits per heavy atom. The van der Waals surface area contributed by atoms with Gasteiger partial charge in [0.05, 0.1) is 0 Å². The van der Waals surface area contributed by atoms with Crippen LogP contribution in [0.25, 0.3) is 0 Å². The fourth-order valence-corrected chi connectivity index (χ4v) is 2.53. The minimum atomic E-state index is 0.431. The quantitative estimate of drug-likeness (QED) is 0.480. The van der Waals surface area contributed by atoms with Gasteiger partial charge in [-0.1, -0.05) is 16.8 Å². The Morgan fingerprint density at radius 2 is 2.42 bits per heavy atom. The van der Waals surface area contributed by atoms with Crippen LogP contribution in [0.1, 0.15) is 6.42 Å². The third-order valence-corrected chi connectivity index (χ3v) is 3.17. The van der Waals surface area contributed by atoms with Gasteiger partial charge in [-0.15, -0.1) is 0 Å². The molecule has 0 aromatic rings. The van der Waals surface area contributed by atoms with Gasteiger partial charge in [0.25, 0.3) is 0 Å². The van der Waals surface area contributed by atoms with E-state index < -0.39 is 0 Å². The van der Waals surface area contributed by atoms with Gasteiger partial charge in [-0.3, -0.25) is 0 Å². The summed E-state index contributed by atoms with van der Waals surface area (Å²) in [6.07, 6.45) is 1.26. The lowest BCUT2D eigenvalue weighted by Gasteiger charge is -2.19. The van der Waals surface area contributed by atoms with Crippen LogP contribution in [0, 0.1) is 11.8 Å². The normalized spacial score (nSPS) is 40.5. The molecular weight excluding hydrogens is 176 g/mol. The van der Waals surface area contributed by atoms with Crippen molar-refractivity contribution < 1.29 is 4.84 Å². The summed E-state index contributed by atoms with van der Waals surface area (Å²) in [6.45, 7) is 3.49. The highest BCUT2D eigenvalue weighted by Gasteiger charge is 2.40. The number of nitrogens with zero attached hydrogens (tertiary/aromatic N) is 2. The van der Waals surface area contributed by atoms with Gasteiger partial charge in [0.1, 0.15) is 12.3 Å². The van der Waals surface area contributed by atoms with Crippen molar-refractivity contribution >= 4 is 16.8 Å². The number of piperidine rings is 1. The Hall–Kier alpha value is -0.280. The van der Waals surface area contributed by atoms with Crippen molar-refractivity contribution in [2.75, 3.05) is 26.7 Å². The first-order chi connectivity index (χ1) is 5.81. The number of hydrogen-bond acceptors (Lipinski definition) is 3. The van der Waals surface area contributed by atoms with Gasteiger partial charge >= 0.3 is 0 Å². The topological polar surface area (TPSA) is 24.8 Å². The molecule has 2 aliphatic heterocycles. The summed E-state index contributed by atoms with van der Waals surface area (Å²) in [5, 5.41) is 4.42. The van der Waals surface area contributed by atoms with E-state index in [-0.39, 0.29) is 0 Å². The second kappa shape index (κ2) is 3.23. The molecule has 2 rings (SSSR count). The predicted octanol–water partition coefficient (Wildman–Crippen LogP) is 1.14. The van der Waals surface area contributed by atoms with Gasteiger partial charge in [0, 0.05) is 19.0 Å². The molecule has 2 aliphatic rings. The van der Waals surface area contributed by atoms with Gasteiger partial charge in [-0.2, -0.15) is 0 Å². The maximum atomic E-state index is 5.98. The van der Waals surface area contributed by atoms with Gasteiger partial charge in [-0.25, -0.2) is 0 Å². The summed E-state index contributed by atoms with van der Waals surface area (Å²) in [7, 11) is 1.54. The molecule has 0 amide bonds. The van der Waals surface area contributed by atoms with Crippen LogP contribution in [-0.4, -0.2) is 36.8 Å². The van der Waals surface area contributed by atoms with Crippen LogP contribution in [0.3, 0.4) is 0 Å². The van der Waals surface area contributed by atoms with Gasteiger partial charge in [0.2, 0.25) is 0 Å². The zero-order valence-corrected chi connectivity index (χ0v) is 7.92. The standard InChI is InChI=1S/C8H13ClN2O/c1-12-10-8(9)7-5-11-3-2-6(7)4-11/h6-7H,2-5H2,1H3/b10-8-/t6-,7+/m0/s1. The molecule has 2 fully saturated rings. The van der Waals surface area contributed by atoms with Crippen molar-refractivity contribution in [3.63, 3.8) is 0 Å². The average molecular weight is 189 g/mol. The summed E-state index contributed by atoms with van der Waals surface area (Å²) in [5.74, 6) is 1.15. The lowest BCUT2D eigenvalue weighted by Crippen LogP contribution is -2.27. The summed E-state index contributed by atoms with van der Waals surface area (Å²) in [6, 6.07) is 0. The van der Waals surface area contributed by atoms with Crippen LogP contribution >= 0.6 is 11.6 Å². The number of fused-ring (bicyclic) bond motifs is 2. The first-order valence-electron chi connectivity index (χ1n) is 4.30. The van der Waals surface area contributed by atoms with E-state index in [0.717, 1.165) is 12.5 Å². The third kappa shape index (κ3) is 1.31. The molecule has 2 saturated heterocycles. The highest BCUT2D eigenvalue weighted by Crippen LogP contribution is 2.34. The van der Waals surface area contributed by atoms with Gasteiger partial charge in [0.15, 0.2) is 0 Å². The molecule has 0 aromatic heterocycles. The number of oxime groups is 1. The molecule has 3 nitrogen and oxygen atoms in total. The molecule has 0 aromatic carbocycles. The Balaban J connectivity index is 2.02. The van der Waals surface area contributed by atoms with Crippen molar-refractivity contribution in [2.45, 2.75) is 6.42 Å². The van der Waals surface area contributed by atoms with Crippen LogP contribution in [0.2, 0.25) is 0 Å². The van der Waals surface area contributed by atoms with Crippen molar-refractivity contribution in [2.24, 2.45) is 17.0 Å². The predicted molar refractivity (Wildman–Crippen MR) is 48.3 cm³/mol. The minimum absolute atomic E-state index is 0.431. The first-order valence-corrected chi connectivity index (χ1v) is 4.68. The minimum Gasteiger partial charge on any atom is -0.398 e. The zero-order valence-electron chi connectivity index (χ0n) is 7.16. The largest absolute Gasteiger partial charge is 0.398 e. The van der Waals surface area contributed by atoms with E-state index in [4.69, 9.17) is 11.6 Å². The lowest BCUT2D eigenvalue weighted by atomic mass is 9.94. The van der Waals surface area contributed by atoms with E-state index in [9.17, 15) is 0 Å². The fraction of sp³-hybridized carbons (Fsp3) is 0.875. The molecule has 0 saturated carbocycles. The molecule has 0 spiro atoms. The number of halogens is 1. The molecule has 1 unspecified atom stereocenters. The first kappa shape index (κ1) is 8.32. The number of rotatable bonds is 2. The Morgan fingerprint density at radius 1 is 1.58 bits per heavy atom. The summed E-state index contributed by atoms with van der Waals surface area (Å²) in [4.78, 5) is 7.09. The molecule has 4 heteroatoms. The Labute approximate surface area is 77.3 Å². The molecule has 0 aliphatic carbocycles. The summed E-state index contributed by atoms with van der Waals surface area (Å²) in [5.41, 5.74) is 0. The fourth-order valence-electron chi connectivity index (χ4n) is 2.21. The molecule has 0 radical (unpaired) electrons. The van der Waals surface area contributed by atoms with E-state index in [1.807, 2.05) is 0 Å². The van der Waals surface area contributed by atoms with Crippen LogP contribution in [0.15, 0.2) is 5.16 Å². The number of hydrogen-bond donors (Lipinski definition) is 0. The summed E-state index contributed by atoms with van der Waals surface area (Å²) < 4.78 is 0. The monoisotopic (exact) mass is 188 g/mol. The third-order valence-electron chi connectivity index (χ3n) is 2.82. The van der Waals surface area contributed by atoms with Crippen molar-refractivity contribution in [3.05, 3.63) is 0 Å². The van der Waals surface area contributed by atoms with Crippen molar-refractivity contribution in [1.29, 1.82) is 0 Å². The maximum Gasteiger partial charge on any atom is 0.150 e. The molecule has 2 bridgehead atoms. The SMILES string of the molecule is CO/N=C(\Cl)[C@@H]1CN2CC[C@H]1C2. The van der Waals surface area contributed by atoms with Gasteiger partial charge < -0.3 is 9.74 Å². The maximum absolute atomic E-state index is 5.98. The highest BCUT2D eigenvalue weighted by atomic mass is 35.5. The van der Waals surface area contributed by atoms with Crippen LogP contribution in [-0.2, 0) is 4.84 Å². The summed E-state index contributed by atoms with van der Waals surface area (Å²) >= 11 is 5.98. The molecule has 68 valence electrons. The molecule has 0 N–H and O–H groups in total. The highest BCUT2D eigenvalue weighted by molar-refractivity contribution is 6.65. The zero-order chi connectivity index (χ0) is 8.55. The smallest absolute Gasteiger partial charge is 0.150 e. The van der Waals surface area contributed by atoms with Crippen LogP contribution < -0.4 is 0 Å². The Bertz CT molecular complexity index is 207. The van der Waals surface area contributed by atoms with Gasteiger partial charge in [-0.05, 0) is 18.9 Å². The van der Waals surface area contributed by atoms with E-state index >= 15 is 0 Å². The molecule has 12 heavy (non-hydrogen) atoms. The Kier molecular flexibility index (Phi) is 2.24. The lowest BCUT2D eigenvalue weighted by molar-refractivity contribution is 0.210.